The number of rotatable bonds is 5. The third kappa shape index (κ3) is 9.39. The van der Waals surface area contributed by atoms with Crippen molar-refractivity contribution in [3.05, 3.63) is 54.2 Å². The fraction of sp³-hybridized carbons (Fsp3) is 0.455. The second kappa shape index (κ2) is 13.8. The number of thiocarbonyl (C=S) groups is 1. The number of pyridine rings is 2. The van der Waals surface area contributed by atoms with Gasteiger partial charge in [0, 0.05) is 54.5 Å². The van der Waals surface area contributed by atoms with Gasteiger partial charge in [0.2, 0.25) is 0 Å². The highest BCUT2D eigenvalue weighted by molar-refractivity contribution is 9.10. The van der Waals surface area contributed by atoms with E-state index in [9.17, 15) is 9.59 Å². The minimum Gasteiger partial charge on any atom is -0.465 e. The molecule has 13 heteroatoms. The summed E-state index contributed by atoms with van der Waals surface area (Å²) >= 11 is 11.8. The van der Waals surface area contributed by atoms with Crippen LogP contribution in [0.25, 0.3) is 0 Å². The Balaban J connectivity index is 0.000000247. The molecule has 35 heavy (non-hydrogen) atoms. The van der Waals surface area contributed by atoms with Crippen molar-refractivity contribution in [2.45, 2.75) is 38.8 Å². The zero-order valence-corrected chi connectivity index (χ0v) is 24.0. The Hall–Kier alpha value is -2.22. The Bertz CT molecular complexity index is 1180. The second-order valence-corrected chi connectivity index (χ2v) is 10.3. The highest BCUT2D eigenvalue weighted by Gasteiger charge is 2.14. The molecule has 2 aromatic rings. The number of aliphatic hydroxyl groups is 1. The van der Waals surface area contributed by atoms with E-state index in [1.165, 1.54) is 9.13 Å². The predicted molar refractivity (Wildman–Crippen MR) is 150 cm³/mol. The summed E-state index contributed by atoms with van der Waals surface area (Å²) in [6.07, 6.45) is 4.89. The van der Waals surface area contributed by atoms with Gasteiger partial charge in [-0.05, 0) is 76.5 Å². The maximum Gasteiger partial charge on any atom is 0.289 e. The zero-order valence-electron chi connectivity index (χ0n) is 20.0. The molecule has 3 heterocycles. The highest BCUT2D eigenvalue weighted by atomic mass is 79.9. The summed E-state index contributed by atoms with van der Waals surface area (Å²) in [5, 5.41) is 17.9. The van der Waals surface area contributed by atoms with Gasteiger partial charge in [0.1, 0.15) is 11.4 Å². The van der Waals surface area contributed by atoms with Gasteiger partial charge >= 0.3 is 0 Å². The lowest BCUT2D eigenvalue weighted by atomic mass is 10.2. The molecule has 0 amide bonds. The molecule has 1 aliphatic rings. The topological polar surface area (TPSA) is 122 Å². The number of ether oxygens (including phenoxy) is 1. The maximum atomic E-state index is 11.8. The van der Waals surface area contributed by atoms with Gasteiger partial charge in [0.15, 0.2) is 5.11 Å². The SMILES string of the molecule is CC(CCO)NC(=S)Nc1cc(Br)cn(C)c1=O.CC1CCOC(Nc2cc(Br)cn(C)c2=O)=N1. The first-order valence-corrected chi connectivity index (χ1v) is 12.9. The number of anilines is 2. The van der Waals surface area contributed by atoms with Crippen molar-refractivity contribution in [1.29, 1.82) is 0 Å². The summed E-state index contributed by atoms with van der Waals surface area (Å²) < 4.78 is 9.94. The van der Waals surface area contributed by atoms with Crippen LogP contribution in [0.15, 0.2) is 48.1 Å². The summed E-state index contributed by atoms with van der Waals surface area (Å²) in [6.45, 7) is 4.64. The second-order valence-electron chi connectivity index (χ2n) is 8.03. The van der Waals surface area contributed by atoms with Crippen LogP contribution in [0, 0.1) is 0 Å². The van der Waals surface area contributed by atoms with Crippen LogP contribution in [-0.2, 0) is 18.8 Å². The summed E-state index contributed by atoms with van der Waals surface area (Å²) in [5.41, 5.74) is 0.588. The summed E-state index contributed by atoms with van der Waals surface area (Å²) in [6, 6.07) is 4.08. The van der Waals surface area contributed by atoms with Gasteiger partial charge in [-0.2, -0.15) is 0 Å². The van der Waals surface area contributed by atoms with E-state index in [4.69, 9.17) is 22.1 Å². The molecule has 0 saturated heterocycles. The van der Waals surface area contributed by atoms with Gasteiger partial charge in [0.05, 0.1) is 12.6 Å². The molecular weight excluding hydrogens is 604 g/mol. The number of aliphatic imine (C=N–C) groups is 1. The summed E-state index contributed by atoms with van der Waals surface area (Å²) in [5.74, 6) is 0. The third-order valence-electron chi connectivity index (χ3n) is 4.84. The van der Waals surface area contributed by atoms with Gasteiger partial charge in [-0.25, -0.2) is 4.99 Å². The molecule has 0 radical (unpaired) electrons. The number of amidine groups is 1. The van der Waals surface area contributed by atoms with E-state index >= 15 is 0 Å². The Kier molecular flexibility index (Phi) is 11.4. The number of nitrogens with one attached hydrogen (secondary N) is 3. The smallest absolute Gasteiger partial charge is 0.289 e. The quantitative estimate of drug-likeness (QED) is 0.371. The number of aryl methyl sites for hydroxylation is 2. The molecule has 0 bridgehead atoms. The van der Waals surface area contributed by atoms with Crippen LogP contribution in [0.3, 0.4) is 0 Å². The first kappa shape index (κ1) is 29.0. The molecule has 0 aromatic carbocycles. The average molecular weight is 634 g/mol. The number of nitrogens with zero attached hydrogens (tertiary/aromatic N) is 3. The van der Waals surface area contributed by atoms with Crippen LogP contribution in [0.2, 0.25) is 0 Å². The van der Waals surface area contributed by atoms with E-state index in [1.807, 2.05) is 13.8 Å². The first-order chi connectivity index (χ1) is 16.5. The molecule has 2 unspecified atom stereocenters. The molecule has 1 aliphatic heterocycles. The zero-order chi connectivity index (χ0) is 26.1. The highest BCUT2D eigenvalue weighted by Crippen LogP contribution is 2.14. The first-order valence-electron chi connectivity index (χ1n) is 10.9. The fourth-order valence-electron chi connectivity index (χ4n) is 2.98. The van der Waals surface area contributed by atoms with Gasteiger partial charge in [-0.15, -0.1) is 0 Å². The molecule has 4 N–H and O–H groups in total. The van der Waals surface area contributed by atoms with Crippen LogP contribution in [-0.4, -0.2) is 50.7 Å². The van der Waals surface area contributed by atoms with Crippen molar-refractivity contribution >= 4 is 66.6 Å². The predicted octanol–water partition coefficient (Wildman–Crippen LogP) is 2.93. The van der Waals surface area contributed by atoms with Crippen LogP contribution >= 0.6 is 44.1 Å². The van der Waals surface area contributed by atoms with Crippen molar-refractivity contribution in [1.82, 2.24) is 14.5 Å². The molecule has 2 aromatic heterocycles. The Labute approximate surface area is 226 Å². The minimum absolute atomic E-state index is 0.0472. The maximum absolute atomic E-state index is 11.8. The largest absolute Gasteiger partial charge is 0.465 e. The van der Waals surface area contributed by atoms with Crippen LogP contribution in [0.5, 0.6) is 0 Å². The molecule has 0 saturated carbocycles. The van der Waals surface area contributed by atoms with E-state index < -0.39 is 0 Å². The van der Waals surface area contributed by atoms with E-state index in [0.29, 0.717) is 35.5 Å². The van der Waals surface area contributed by atoms with E-state index in [1.54, 1.807) is 38.6 Å². The summed E-state index contributed by atoms with van der Waals surface area (Å²) in [7, 11) is 3.37. The Morgan fingerprint density at radius 3 is 2.34 bits per heavy atom. The van der Waals surface area contributed by atoms with Crippen LogP contribution in [0.1, 0.15) is 26.7 Å². The van der Waals surface area contributed by atoms with Gasteiger partial charge in [-0.3, -0.25) is 9.59 Å². The third-order valence-corrected chi connectivity index (χ3v) is 5.93. The minimum atomic E-state index is -0.155. The molecular formula is C22H30Br2N6O4S. The van der Waals surface area contributed by atoms with Crippen LogP contribution in [0.4, 0.5) is 11.4 Å². The molecule has 192 valence electrons. The van der Waals surface area contributed by atoms with Gasteiger partial charge in [0.25, 0.3) is 17.1 Å². The van der Waals surface area contributed by atoms with Crippen molar-refractivity contribution < 1.29 is 9.84 Å². The van der Waals surface area contributed by atoms with Gasteiger partial charge < -0.3 is 34.9 Å². The monoisotopic (exact) mass is 632 g/mol. The number of halogens is 2. The van der Waals surface area contributed by atoms with Crippen LogP contribution < -0.4 is 27.1 Å². The number of aromatic nitrogens is 2. The number of aliphatic hydroxyl groups excluding tert-OH is 1. The number of hydrogen-bond acceptors (Lipinski definition) is 7. The normalized spacial score (nSPS) is 15.6. The molecule has 0 spiro atoms. The van der Waals surface area contributed by atoms with E-state index in [2.05, 4.69) is 52.8 Å². The molecule has 0 aliphatic carbocycles. The Morgan fingerprint density at radius 2 is 1.77 bits per heavy atom. The Morgan fingerprint density at radius 1 is 1.20 bits per heavy atom. The van der Waals surface area contributed by atoms with Crippen molar-refractivity contribution in [2.75, 3.05) is 23.8 Å². The lowest BCUT2D eigenvalue weighted by Gasteiger charge is -2.19. The standard InChI is InChI=1S/C11H16BrN3O2S.C11H14BrN3O2/c1-7(3-4-16)13-11(18)14-9-5-8(12)6-15(2)10(9)17;1-7-3-4-17-11(13-7)14-9-5-8(12)6-15(2)10(9)16/h5-7,16H,3-4H2,1-2H3,(H2,13,14,18);5-7H,3-4H2,1-2H3,(H,13,14). The average Bonchev–Trinajstić information content (AvgIpc) is 2.75. The summed E-state index contributed by atoms with van der Waals surface area (Å²) in [4.78, 5) is 28.0. The molecule has 3 rings (SSSR count). The van der Waals surface area contributed by atoms with Gasteiger partial charge in [-0.1, -0.05) is 0 Å². The molecule has 2 atom stereocenters. The number of hydrogen-bond donors (Lipinski definition) is 4. The van der Waals surface area contributed by atoms with Crippen molar-refractivity contribution in [3.63, 3.8) is 0 Å². The lowest BCUT2D eigenvalue weighted by Crippen LogP contribution is -2.38. The molecule has 10 nitrogen and oxygen atoms in total. The van der Waals surface area contributed by atoms with Crippen molar-refractivity contribution in [2.24, 2.45) is 19.1 Å². The van der Waals surface area contributed by atoms with E-state index in [-0.39, 0.29) is 29.8 Å². The lowest BCUT2D eigenvalue weighted by molar-refractivity contribution is 0.263. The van der Waals surface area contributed by atoms with E-state index in [0.717, 1.165) is 15.4 Å². The fourth-order valence-corrected chi connectivity index (χ4v) is 4.36. The molecule has 0 fully saturated rings. The van der Waals surface area contributed by atoms with Crippen molar-refractivity contribution in [3.8, 4) is 0 Å².